The minimum absolute atomic E-state index is 0.557. The fraction of sp³-hybridized carbons (Fsp3) is 0.625. The van der Waals surface area contributed by atoms with Gasteiger partial charge in [0.05, 0.1) is 5.60 Å². The number of fused-ring (bicyclic) bond motifs is 1. The van der Waals surface area contributed by atoms with E-state index in [9.17, 15) is 5.11 Å². The summed E-state index contributed by atoms with van der Waals surface area (Å²) < 4.78 is 11.2. The molecular weight excluding hydrogens is 240 g/mol. The van der Waals surface area contributed by atoms with Gasteiger partial charge in [-0.3, -0.25) is 0 Å². The van der Waals surface area contributed by atoms with Crippen LogP contribution >= 0.6 is 0 Å². The highest BCUT2D eigenvalue weighted by molar-refractivity contribution is 5.45. The van der Waals surface area contributed by atoms with Crippen molar-refractivity contribution in [3.05, 3.63) is 23.8 Å². The maximum Gasteiger partial charge on any atom is 0.161 e. The first-order chi connectivity index (χ1) is 9.07. The molecule has 1 fully saturated rings. The van der Waals surface area contributed by atoms with Gasteiger partial charge in [-0.1, -0.05) is 19.9 Å². The lowest BCUT2D eigenvalue weighted by molar-refractivity contribution is -0.0365. The zero-order chi connectivity index (χ0) is 13.5. The summed E-state index contributed by atoms with van der Waals surface area (Å²) in [5.74, 6) is 2.67. The lowest BCUT2D eigenvalue weighted by Crippen LogP contribution is -2.35. The molecule has 1 N–H and O–H groups in total. The molecule has 2 atom stereocenters. The van der Waals surface area contributed by atoms with Gasteiger partial charge in [-0.05, 0) is 48.8 Å². The first-order valence-corrected chi connectivity index (χ1v) is 7.19. The van der Waals surface area contributed by atoms with E-state index in [1.165, 1.54) is 6.42 Å². The molecule has 3 nitrogen and oxygen atoms in total. The predicted octanol–water partition coefficient (Wildman–Crippen LogP) is 3.10. The summed E-state index contributed by atoms with van der Waals surface area (Å²) in [6.07, 6.45) is 2.86. The Morgan fingerprint density at radius 3 is 2.37 bits per heavy atom. The summed E-state index contributed by atoms with van der Waals surface area (Å²) in [6, 6.07) is 5.86. The molecule has 2 aliphatic rings. The van der Waals surface area contributed by atoms with E-state index in [0.717, 1.165) is 29.9 Å². The lowest BCUT2D eigenvalue weighted by Gasteiger charge is -2.39. The molecule has 1 aromatic carbocycles. The zero-order valence-electron chi connectivity index (χ0n) is 11.7. The first kappa shape index (κ1) is 12.8. The molecule has 0 radical (unpaired) electrons. The van der Waals surface area contributed by atoms with Crippen LogP contribution in [0.3, 0.4) is 0 Å². The fourth-order valence-electron chi connectivity index (χ4n) is 3.66. The molecule has 0 amide bonds. The van der Waals surface area contributed by atoms with Gasteiger partial charge in [-0.2, -0.15) is 0 Å². The smallest absolute Gasteiger partial charge is 0.161 e. The highest BCUT2D eigenvalue weighted by Crippen LogP contribution is 2.44. The molecular formula is C16H22O3. The van der Waals surface area contributed by atoms with Crippen molar-refractivity contribution < 1.29 is 14.6 Å². The molecule has 104 valence electrons. The Morgan fingerprint density at radius 1 is 1.05 bits per heavy atom. The van der Waals surface area contributed by atoms with Crippen LogP contribution in [0.15, 0.2) is 18.2 Å². The van der Waals surface area contributed by atoms with E-state index < -0.39 is 5.60 Å². The number of hydrogen-bond acceptors (Lipinski definition) is 3. The summed E-state index contributed by atoms with van der Waals surface area (Å²) >= 11 is 0. The van der Waals surface area contributed by atoms with Gasteiger partial charge in [0, 0.05) is 0 Å². The summed E-state index contributed by atoms with van der Waals surface area (Å²) in [6.45, 7) is 5.63. The van der Waals surface area contributed by atoms with Crippen molar-refractivity contribution in [3.63, 3.8) is 0 Å². The van der Waals surface area contributed by atoms with E-state index >= 15 is 0 Å². The zero-order valence-corrected chi connectivity index (χ0v) is 11.7. The highest BCUT2D eigenvalue weighted by atomic mass is 16.6. The second-order valence-electron chi connectivity index (χ2n) is 6.24. The van der Waals surface area contributed by atoms with Crippen molar-refractivity contribution in [2.24, 2.45) is 11.8 Å². The van der Waals surface area contributed by atoms with E-state index in [1.54, 1.807) is 0 Å². The Labute approximate surface area is 114 Å². The molecule has 2 unspecified atom stereocenters. The first-order valence-electron chi connectivity index (χ1n) is 7.19. The van der Waals surface area contributed by atoms with Crippen molar-refractivity contribution in [1.29, 1.82) is 0 Å². The van der Waals surface area contributed by atoms with Gasteiger partial charge in [0.25, 0.3) is 0 Å². The third-order valence-electron chi connectivity index (χ3n) is 4.26. The van der Waals surface area contributed by atoms with Crippen LogP contribution in [0.25, 0.3) is 0 Å². The standard InChI is InChI=1S/C16H22O3/c1-11-7-12(2)10-16(17,9-11)13-3-4-14-15(8-13)19-6-5-18-14/h3-4,8,11-12,17H,5-7,9-10H2,1-2H3. The van der Waals surface area contributed by atoms with Crippen LogP contribution in [0.1, 0.15) is 38.7 Å². The van der Waals surface area contributed by atoms with Crippen LogP contribution in [-0.2, 0) is 5.60 Å². The topological polar surface area (TPSA) is 38.7 Å². The van der Waals surface area contributed by atoms with Crippen molar-refractivity contribution in [2.75, 3.05) is 13.2 Å². The molecule has 1 aromatic rings. The van der Waals surface area contributed by atoms with Gasteiger partial charge in [0.1, 0.15) is 13.2 Å². The van der Waals surface area contributed by atoms with Crippen molar-refractivity contribution >= 4 is 0 Å². The highest BCUT2D eigenvalue weighted by Gasteiger charge is 2.38. The van der Waals surface area contributed by atoms with Crippen LogP contribution in [0.5, 0.6) is 11.5 Å². The van der Waals surface area contributed by atoms with Crippen molar-refractivity contribution in [1.82, 2.24) is 0 Å². The van der Waals surface area contributed by atoms with E-state index in [-0.39, 0.29) is 0 Å². The molecule has 19 heavy (non-hydrogen) atoms. The molecule has 1 aliphatic heterocycles. The molecule has 0 saturated heterocycles. The van der Waals surface area contributed by atoms with Crippen LogP contribution in [0.4, 0.5) is 0 Å². The number of aliphatic hydroxyl groups is 1. The van der Waals surface area contributed by atoms with Crippen molar-refractivity contribution in [3.8, 4) is 11.5 Å². The second kappa shape index (κ2) is 4.71. The predicted molar refractivity (Wildman–Crippen MR) is 73.5 cm³/mol. The Morgan fingerprint density at radius 2 is 1.68 bits per heavy atom. The summed E-state index contributed by atoms with van der Waals surface area (Å²) in [7, 11) is 0. The van der Waals surface area contributed by atoms with Crippen molar-refractivity contribution in [2.45, 2.75) is 38.7 Å². The van der Waals surface area contributed by atoms with Gasteiger partial charge in [0.2, 0.25) is 0 Å². The summed E-state index contributed by atoms with van der Waals surface area (Å²) in [5, 5.41) is 11.0. The molecule has 1 aliphatic carbocycles. The Balaban J connectivity index is 1.92. The summed E-state index contributed by atoms with van der Waals surface area (Å²) in [4.78, 5) is 0. The van der Waals surface area contributed by atoms with Crippen LogP contribution < -0.4 is 9.47 Å². The number of ether oxygens (including phenoxy) is 2. The van der Waals surface area contributed by atoms with E-state index in [0.29, 0.717) is 25.0 Å². The minimum atomic E-state index is -0.715. The molecule has 1 saturated carbocycles. The van der Waals surface area contributed by atoms with Gasteiger partial charge in [-0.15, -0.1) is 0 Å². The quantitative estimate of drug-likeness (QED) is 0.845. The Kier molecular flexibility index (Phi) is 3.17. The Bertz CT molecular complexity index is 459. The largest absolute Gasteiger partial charge is 0.486 e. The van der Waals surface area contributed by atoms with E-state index in [1.807, 2.05) is 18.2 Å². The summed E-state index contributed by atoms with van der Waals surface area (Å²) in [5.41, 5.74) is 0.252. The second-order valence-corrected chi connectivity index (χ2v) is 6.24. The fourth-order valence-corrected chi connectivity index (χ4v) is 3.66. The SMILES string of the molecule is CC1CC(C)CC(O)(c2ccc3c(c2)OCCO3)C1. The third kappa shape index (κ3) is 2.44. The molecule has 1 heterocycles. The molecule has 0 spiro atoms. The maximum absolute atomic E-state index is 11.0. The number of hydrogen-bond donors (Lipinski definition) is 1. The van der Waals surface area contributed by atoms with Crippen LogP contribution in [0, 0.1) is 11.8 Å². The average Bonchev–Trinajstić information content (AvgIpc) is 2.36. The minimum Gasteiger partial charge on any atom is -0.486 e. The molecule has 0 bridgehead atoms. The molecule has 3 heteroatoms. The van der Waals surface area contributed by atoms with E-state index in [2.05, 4.69) is 13.8 Å². The van der Waals surface area contributed by atoms with Gasteiger partial charge < -0.3 is 14.6 Å². The average molecular weight is 262 g/mol. The maximum atomic E-state index is 11.0. The van der Waals surface area contributed by atoms with Gasteiger partial charge in [-0.25, -0.2) is 0 Å². The monoisotopic (exact) mass is 262 g/mol. The normalized spacial score (nSPS) is 34.1. The van der Waals surface area contributed by atoms with E-state index in [4.69, 9.17) is 9.47 Å². The number of benzene rings is 1. The number of rotatable bonds is 1. The van der Waals surface area contributed by atoms with Crippen LogP contribution in [-0.4, -0.2) is 18.3 Å². The third-order valence-corrected chi connectivity index (χ3v) is 4.26. The van der Waals surface area contributed by atoms with Gasteiger partial charge >= 0.3 is 0 Å². The lowest BCUT2D eigenvalue weighted by atomic mass is 9.71. The molecule has 0 aromatic heterocycles. The molecule has 3 rings (SSSR count). The van der Waals surface area contributed by atoms with Gasteiger partial charge in [0.15, 0.2) is 11.5 Å². The van der Waals surface area contributed by atoms with Crippen LogP contribution in [0.2, 0.25) is 0 Å². The Hall–Kier alpha value is -1.22.